The Morgan fingerprint density at radius 1 is 1.29 bits per heavy atom. The zero-order valence-corrected chi connectivity index (χ0v) is 11.9. The number of thiophene rings is 1. The molecule has 17 heavy (non-hydrogen) atoms. The number of anilines is 1. The largest absolute Gasteiger partial charge is 0.333 e. The summed E-state index contributed by atoms with van der Waals surface area (Å²) >= 11 is 3.84. The summed E-state index contributed by atoms with van der Waals surface area (Å²) in [6, 6.07) is 11.5. The molecule has 0 saturated carbocycles. The van der Waals surface area contributed by atoms with E-state index in [4.69, 9.17) is 0 Å². The summed E-state index contributed by atoms with van der Waals surface area (Å²) in [7, 11) is 0. The molecule has 1 aromatic heterocycles. The quantitative estimate of drug-likeness (QED) is 0.808. The standard InChI is InChI=1S/C12H11IN2OS/c13-9-3-1-4-10(7-9)15-12(16)14-8-11-5-2-6-17-11/h1-7H,8H2,(H2,14,15,16). The summed E-state index contributed by atoms with van der Waals surface area (Å²) in [5.41, 5.74) is 0.806. The van der Waals surface area contributed by atoms with Crippen molar-refractivity contribution in [3.8, 4) is 0 Å². The lowest BCUT2D eigenvalue weighted by molar-refractivity contribution is 0.252. The lowest BCUT2D eigenvalue weighted by Crippen LogP contribution is -2.27. The van der Waals surface area contributed by atoms with Gasteiger partial charge in [0.05, 0.1) is 6.54 Å². The molecular formula is C12H11IN2OS. The van der Waals surface area contributed by atoms with E-state index in [1.54, 1.807) is 11.3 Å². The van der Waals surface area contributed by atoms with E-state index in [0.717, 1.165) is 14.1 Å². The molecule has 2 rings (SSSR count). The topological polar surface area (TPSA) is 41.1 Å². The molecule has 0 unspecified atom stereocenters. The van der Waals surface area contributed by atoms with Gasteiger partial charge in [-0.15, -0.1) is 11.3 Å². The molecule has 88 valence electrons. The molecule has 0 aliphatic heterocycles. The molecule has 0 bridgehead atoms. The molecule has 0 radical (unpaired) electrons. The first-order chi connectivity index (χ1) is 8.24. The van der Waals surface area contributed by atoms with Gasteiger partial charge in [-0.05, 0) is 52.2 Å². The number of amides is 2. The predicted octanol–water partition coefficient (Wildman–Crippen LogP) is 3.67. The van der Waals surface area contributed by atoms with E-state index in [0.29, 0.717) is 6.54 Å². The van der Waals surface area contributed by atoms with Crippen LogP contribution in [0.15, 0.2) is 41.8 Å². The van der Waals surface area contributed by atoms with Gasteiger partial charge in [0.15, 0.2) is 0 Å². The van der Waals surface area contributed by atoms with Crippen molar-refractivity contribution in [2.24, 2.45) is 0 Å². The summed E-state index contributed by atoms with van der Waals surface area (Å²) in [6.07, 6.45) is 0. The van der Waals surface area contributed by atoms with Gasteiger partial charge < -0.3 is 10.6 Å². The second-order valence-corrected chi connectivity index (χ2v) is 5.68. The summed E-state index contributed by atoms with van der Waals surface area (Å²) in [6.45, 7) is 0.563. The summed E-state index contributed by atoms with van der Waals surface area (Å²) < 4.78 is 1.10. The molecule has 2 N–H and O–H groups in total. The van der Waals surface area contributed by atoms with E-state index in [9.17, 15) is 4.79 Å². The Balaban J connectivity index is 1.85. The number of nitrogens with one attached hydrogen (secondary N) is 2. The van der Waals surface area contributed by atoms with Crippen molar-refractivity contribution < 1.29 is 4.79 Å². The number of hydrogen-bond donors (Lipinski definition) is 2. The molecule has 1 heterocycles. The van der Waals surface area contributed by atoms with Crippen molar-refractivity contribution in [2.45, 2.75) is 6.54 Å². The number of hydrogen-bond acceptors (Lipinski definition) is 2. The van der Waals surface area contributed by atoms with Crippen molar-refractivity contribution in [3.05, 3.63) is 50.2 Å². The maximum atomic E-state index is 11.6. The monoisotopic (exact) mass is 358 g/mol. The smallest absolute Gasteiger partial charge is 0.319 e. The van der Waals surface area contributed by atoms with Crippen LogP contribution in [0.25, 0.3) is 0 Å². The molecule has 0 saturated heterocycles. The van der Waals surface area contributed by atoms with E-state index in [-0.39, 0.29) is 6.03 Å². The molecule has 0 fully saturated rings. The third-order valence-electron chi connectivity index (χ3n) is 2.09. The number of carbonyl (C=O) groups is 1. The Morgan fingerprint density at radius 3 is 2.88 bits per heavy atom. The number of carbonyl (C=O) groups excluding carboxylic acids is 1. The molecule has 0 aliphatic carbocycles. The van der Waals surface area contributed by atoms with Crippen LogP contribution in [-0.2, 0) is 6.54 Å². The van der Waals surface area contributed by atoms with Crippen LogP contribution in [0.5, 0.6) is 0 Å². The van der Waals surface area contributed by atoms with Gasteiger partial charge in [0, 0.05) is 14.1 Å². The van der Waals surface area contributed by atoms with Gasteiger partial charge in [0.25, 0.3) is 0 Å². The molecule has 0 atom stereocenters. The van der Waals surface area contributed by atoms with Crippen LogP contribution in [0, 0.1) is 3.57 Å². The Kier molecular flexibility index (Phi) is 4.38. The summed E-state index contributed by atoms with van der Waals surface area (Å²) in [4.78, 5) is 12.7. The zero-order chi connectivity index (χ0) is 12.1. The maximum absolute atomic E-state index is 11.6. The highest BCUT2D eigenvalue weighted by molar-refractivity contribution is 14.1. The first kappa shape index (κ1) is 12.4. The first-order valence-electron chi connectivity index (χ1n) is 5.07. The fraction of sp³-hybridized carbons (Fsp3) is 0.0833. The van der Waals surface area contributed by atoms with Crippen LogP contribution in [-0.4, -0.2) is 6.03 Å². The maximum Gasteiger partial charge on any atom is 0.319 e. The molecular weight excluding hydrogens is 347 g/mol. The van der Waals surface area contributed by atoms with Gasteiger partial charge in [-0.2, -0.15) is 0 Å². The number of rotatable bonds is 3. The molecule has 3 nitrogen and oxygen atoms in total. The lowest BCUT2D eigenvalue weighted by Gasteiger charge is -2.06. The van der Waals surface area contributed by atoms with Gasteiger partial charge in [-0.3, -0.25) is 0 Å². The average molecular weight is 358 g/mol. The second-order valence-electron chi connectivity index (χ2n) is 3.40. The highest BCUT2D eigenvalue weighted by Crippen LogP contribution is 2.12. The third-order valence-corrected chi connectivity index (χ3v) is 3.63. The Labute approximate surface area is 117 Å². The molecule has 2 aromatic rings. The van der Waals surface area contributed by atoms with Crippen LogP contribution in [0.3, 0.4) is 0 Å². The molecule has 0 spiro atoms. The molecule has 2 amide bonds. The Morgan fingerprint density at radius 2 is 2.18 bits per heavy atom. The highest BCUT2D eigenvalue weighted by atomic mass is 127. The van der Waals surface area contributed by atoms with Gasteiger partial charge in [-0.1, -0.05) is 12.1 Å². The van der Waals surface area contributed by atoms with Crippen LogP contribution in [0.2, 0.25) is 0 Å². The van der Waals surface area contributed by atoms with Gasteiger partial charge >= 0.3 is 6.03 Å². The van der Waals surface area contributed by atoms with Gasteiger partial charge in [0.2, 0.25) is 0 Å². The van der Waals surface area contributed by atoms with E-state index >= 15 is 0 Å². The molecule has 5 heteroatoms. The Hall–Kier alpha value is -1.08. The van der Waals surface area contributed by atoms with Crippen molar-refractivity contribution >= 4 is 45.6 Å². The second kappa shape index (κ2) is 6.02. The van der Waals surface area contributed by atoms with Gasteiger partial charge in [0.1, 0.15) is 0 Å². The molecule has 1 aromatic carbocycles. The first-order valence-corrected chi connectivity index (χ1v) is 7.03. The third kappa shape index (κ3) is 4.01. The minimum absolute atomic E-state index is 0.180. The fourth-order valence-electron chi connectivity index (χ4n) is 1.32. The number of benzene rings is 1. The van der Waals surface area contributed by atoms with E-state index in [2.05, 4.69) is 33.2 Å². The van der Waals surface area contributed by atoms with Crippen LogP contribution in [0.4, 0.5) is 10.5 Å². The van der Waals surface area contributed by atoms with Gasteiger partial charge in [-0.25, -0.2) is 4.79 Å². The SMILES string of the molecule is O=C(NCc1cccs1)Nc1cccc(I)c1. The summed E-state index contributed by atoms with van der Waals surface area (Å²) in [5, 5.41) is 7.60. The minimum atomic E-state index is -0.180. The zero-order valence-electron chi connectivity index (χ0n) is 8.94. The van der Waals surface area contributed by atoms with Crippen molar-refractivity contribution in [3.63, 3.8) is 0 Å². The summed E-state index contributed by atoms with van der Waals surface area (Å²) in [5.74, 6) is 0. The predicted molar refractivity (Wildman–Crippen MR) is 79.3 cm³/mol. The fourth-order valence-corrected chi connectivity index (χ4v) is 2.51. The normalized spacial score (nSPS) is 9.94. The van der Waals surface area contributed by atoms with Crippen molar-refractivity contribution in [1.82, 2.24) is 5.32 Å². The van der Waals surface area contributed by atoms with E-state index in [1.165, 1.54) is 0 Å². The van der Waals surface area contributed by atoms with Crippen molar-refractivity contribution in [1.29, 1.82) is 0 Å². The van der Waals surface area contributed by atoms with Crippen LogP contribution < -0.4 is 10.6 Å². The average Bonchev–Trinajstić information content (AvgIpc) is 2.79. The van der Waals surface area contributed by atoms with Crippen molar-refractivity contribution in [2.75, 3.05) is 5.32 Å². The highest BCUT2D eigenvalue weighted by Gasteiger charge is 2.02. The molecule has 0 aliphatic rings. The number of halogens is 1. The van der Waals surface area contributed by atoms with Crippen LogP contribution >= 0.6 is 33.9 Å². The lowest BCUT2D eigenvalue weighted by atomic mass is 10.3. The van der Waals surface area contributed by atoms with Crippen LogP contribution in [0.1, 0.15) is 4.88 Å². The minimum Gasteiger partial charge on any atom is -0.333 e. The number of urea groups is 1. The van der Waals surface area contributed by atoms with E-state index < -0.39 is 0 Å². The van der Waals surface area contributed by atoms with E-state index in [1.807, 2.05) is 41.8 Å². The Bertz CT molecular complexity index is 499.